The Morgan fingerprint density at radius 1 is 1.38 bits per heavy atom. The van der Waals surface area contributed by atoms with Crippen molar-refractivity contribution >= 4 is 0 Å². The van der Waals surface area contributed by atoms with Crippen molar-refractivity contribution < 1.29 is 9.50 Å². The minimum atomic E-state index is -0.224. The summed E-state index contributed by atoms with van der Waals surface area (Å²) in [7, 11) is 0. The monoisotopic (exact) mass is 188 g/mol. The van der Waals surface area contributed by atoms with Gasteiger partial charge in [-0.2, -0.15) is 0 Å². The Balaban J connectivity index is 2.28. The molecule has 13 heavy (non-hydrogen) atoms. The molecule has 1 saturated heterocycles. The van der Waals surface area contributed by atoms with E-state index in [0.29, 0.717) is 18.9 Å². The van der Waals surface area contributed by atoms with Gasteiger partial charge in [-0.05, 0) is 32.2 Å². The molecule has 0 N–H and O–H groups in total. The van der Waals surface area contributed by atoms with E-state index in [1.165, 1.54) is 12.8 Å². The van der Waals surface area contributed by atoms with Crippen LogP contribution in [0.15, 0.2) is 0 Å². The fourth-order valence-electron chi connectivity index (χ4n) is 2.07. The van der Waals surface area contributed by atoms with Crippen molar-refractivity contribution in [3.8, 4) is 0 Å². The van der Waals surface area contributed by atoms with Crippen LogP contribution in [-0.2, 0) is 5.11 Å². The van der Waals surface area contributed by atoms with Crippen molar-refractivity contribution in [3.05, 3.63) is 0 Å². The molecular weight excluding hydrogens is 169 g/mol. The molecule has 1 heterocycles. The van der Waals surface area contributed by atoms with Gasteiger partial charge in [-0.3, -0.25) is 4.39 Å². The summed E-state index contributed by atoms with van der Waals surface area (Å²) in [4.78, 5) is 2.29. The lowest BCUT2D eigenvalue weighted by molar-refractivity contribution is 0.109. The first-order valence-corrected chi connectivity index (χ1v) is 5.26. The first-order chi connectivity index (χ1) is 6.38. The zero-order valence-electron chi connectivity index (χ0n) is 8.17. The van der Waals surface area contributed by atoms with E-state index in [2.05, 4.69) is 4.90 Å². The quantitative estimate of drug-likeness (QED) is 0.647. The number of hydrogen-bond donors (Lipinski definition) is 0. The van der Waals surface area contributed by atoms with Crippen molar-refractivity contribution in [1.82, 2.24) is 4.90 Å². The SMILES string of the molecule is [O]CCCN1CCCCC1CCF. The van der Waals surface area contributed by atoms with Gasteiger partial charge in [-0.1, -0.05) is 6.42 Å². The summed E-state index contributed by atoms with van der Waals surface area (Å²) in [5.41, 5.74) is 0. The number of nitrogens with zero attached hydrogens (tertiary/aromatic N) is 1. The third-order valence-corrected chi connectivity index (χ3v) is 2.78. The van der Waals surface area contributed by atoms with Gasteiger partial charge >= 0.3 is 0 Å². The second-order valence-electron chi connectivity index (χ2n) is 3.72. The Labute approximate surface area is 79.7 Å². The van der Waals surface area contributed by atoms with Crippen molar-refractivity contribution in [2.75, 3.05) is 26.4 Å². The van der Waals surface area contributed by atoms with Crippen LogP contribution in [0.1, 0.15) is 32.1 Å². The molecule has 1 aliphatic rings. The molecule has 2 nitrogen and oxygen atoms in total. The van der Waals surface area contributed by atoms with Gasteiger partial charge in [0.2, 0.25) is 0 Å². The third-order valence-electron chi connectivity index (χ3n) is 2.78. The van der Waals surface area contributed by atoms with Crippen molar-refractivity contribution in [2.45, 2.75) is 38.1 Å². The summed E-state index contributed by atoms with van der Waals surface area (Å²) in [5.74, 6) is 0. The highest BCUT2D eigenvalue weighted by atomic mass is 19.1. The van der Waals surface area contributed by atoms with Crippen LogP contribution in [0.5, 0.6) is 0 Å². The van der Waals surface area contributed by atoms with Crippen LogP contribution >= 0.6 is 0 Å². The molecular formula is C10H19FNO. The van der Waals surface area contributed by atoms with Crippen LogP contribution in [-0.4, -0.2) is 37.3 Å². The Hall–Kier alpha value is -0.150. The van der Waals surface area contributed by atoms with Gasteiger partial charge in [0, 0.05) is 12.6 Å². The minimum absolute atomic E-state index is 0.00115. The predicted molar refractivity (Wildman–Crippen MR) is 50.0 cm³/mol. The van der Waals surface area contributed by atoms with Gasteiger partial charge in [0.05, 0.1) is 13.3 Å². The first kappa shape index (κ1) is 10.9. The van der Waals surface area contributed by atoms with E-state index in [1.807, 2.05) is 0 Å². The zero-order valence-corrected chi connectivity index (χ0v) is 8.17. The van der Waals surface area contributed by atoms with E-state index in [1.54, 1.807) is 0 Å². The average molecular weight is 188 g/mol. The Bertz CT molecular complexity index is 130. The maximum atomic E-state index is 12.2. The molecule has 0 spiro atoms. The van der Waals surface area contributed by atoms with E-state index < -0.39 is 0 Å². The number of alkyl halides is 1. The molecule has 0 aromatic carbocycles. The van der Waals surface area contributed by atoms with Crippen LogP contribution in [0.25, 0.3) is 0 Å². The number of likely N-dealkylation sites (tertiary alicyclic amines) is 1. The number of piperidine rings is 1. The molecule has 0 saturated carbocycles. The summed E-state index contributed by atoms with van der Waals surface area (Å²) in [6, 6.07) is 0.408. The smallest absolute Gasteiger partial charge is 0.0909 e. The predicted octanol–water partition coefficient (Wildman–Crippen LogP) is 2.02. The van der Waals surface area contributed by atoms with E-state index >= 15 is 0 Å². The second-order valence-corrected chi connectivity index (χ2v) is 3.72. The summed E-state index contributed by atoms with van der Waals surface area (Å²) in [6.07, 6.45) is 4.91. The van der Waals surface area contributed by atoms with Gasteiger partial charge < -0.3 is 4.90 Å². The van der Waals surface area contributed by atoms with E-state index in [4.69, 9.17) is 0 Å². The Kier molecular flexibility index (Phi) is 5.32. The largest absolute Gasteiger partial charge is 0.300 e. The molecule has 0 aromatic heterocycles. The van der Waals surface area contributed by atoms with Gasteiger partial charge in [0.25, 0.3) is 0 Å². The molecule has 1 aliphatic heterocycles. The lowest BCUT2D eigenvalue weighted by Gasteiger charge is -2.35. The standard InChI is InChI=1S/C10H19FNO/c11-6-5-10-4-1-2-7-12(10)8-3-9-13/h10H,1-9H2. The van der Waals surface area contributed by atoms with Crippen LogP contribution < -0.4 is 0 Å². The van der Waals surface area contributed by atoms with Crippen molar-refractivity contribution in [2.24, 2.45) is 0 Å². The lowest BCUT2D eigenvalue weighted by atomic mass is 10.00. The van der Waals surface area contributed by atoms with Crippen LogP contribution in [0.2, 0.25) is 0 Å². The van der Waals surface area contributed by atoms with Gasteiger partial charge in [0.1, 0.15) is 0 Å². The molecule has 1 radical (unpaired) electrons. The van der Waals surface area contributed by atoms with Crippen LogP contribution in [0.4, 0.5) is 4.39 Å². The van der Waals surface area contributed by atoms with Crippen molar-refractivity contribution in [3.63, 3.8) is 0 Å². The number of halogens is 1. The summed E-state index contributed by atoms with van der Waals surface area (Å²) < 4.78 is 12.2. The minimum Gasteiger partial charge on any atom is -0.300 e. The highest BCUT2D eigenvalue weighted by Gasteiger charge is 2.20. The lowest BCUT2D eigenvalue weighted by Crippen LogP contribution is -2.40. The van der Waals surface area contributed by atoms with Crippen LogP contribution in [0.3, 0.4) is 0 Å². The number of hydrogen-bond acceptors (Lipinski definition) is 1. The number of rotatable bonds is 5. The van der Waals surface area contributed by atoms with E-state index in [0.717, 1.165) is 19.5 Å². The normalized spacial score (nSPS) is 24.9. The highest BCUT2D eigenvalue weighted by Crippen LogP contribution is 2.19. The maximum Gasteiger partial charge on any atom is 0.0909 e. The zero-order chi connectivity index (χ0) is 9.52. The topological polar surface area (TPSA) is 23.1 Å². The summed E-state index contributed by atoms with van der Waals surface area (Å²) in [5, 5.41) is 10.3. The molecule has 0 bridgehead atoms. The fourth-order valence-corrected chi connectivity index (χ4v) is 2.07. The van der Waals surface area contributed by atoms with Gasteiger partial charge in [0.15, 0.2) is 0 Å². The first-order valence-electron chi connectivity index (χ1n) is 5.26. The molecule has 1 fully saturated rings. The fraction of sp³-hybridized carbons (Fsp3) is 1.00. The molecule has 0 amide bonds. The highest BCUT2D eigenvalue weighted by molar-refractivity contribution is 4.76. The van der Waals surface area contributed by atoms with E-state index in [9.17, 15) is 9.50 Å². The van der Waals surface area contributed by atoms with Crippen molar-refractivity contribution in [1.29, 1.82) is 0 Å². The molecule has 77 valence electrons. The van der Waals surface area contributed by atoms with E-state index in [-0.39, 0.29) is 13.3 Å². The Morgan fingerprint density at radius 2 is 2.23 bits per heavy atom. The molecule has 0 aliphatic carbocycles. The maximum absolute atomic E-state index is 12.2. The average Bonchev–Trinajstić information content (AvgIpc) is 2.17. The Morgan fingerprint density at radius 3 is 2.92 bits per heavy atom. The van der Waals surface area contributed by atoms with Gasteiger partial charge in [-0.25, -0.2) is 5.11 Å². The molecule has 1 unspecified atom stereocenters. The van der Waals surface area contributed by atoms with Gasteiger partial charge in [-0.15, -0.1) is 0 Å². The second kappa shape index (κ2) is 6.33. The molecule has 0 aromatic rings. The summed E-state index contributed by atoms with van der Waals surface area (Å²) >= 11 is 0. The molecule has 1 atom stereocenters. The molecule has 3 heteroatoms. The molecule has 1 rings (SSSR count). The summed E-state index contributed by atoms with van der Waals surface area (Å²) in [6.45, 7) is 1.70. The third kappa shape index (κ3) is 3.61. The van der Waals surface area contributed by atoms with Crippen LogP contribution in [0, 0.1) is 0 Å².